The van der Waals surface area contributed by atoms with Crippen molar-refractivity contribution in [3.63, 3.8) is 0 Å². The lowest BCUT2D eigenvalue weighted by Crippen LogP contribution is -2.35. The molecule has 2 aromatic rings. The number of hydrogen-bond donors (Lipinski definition) is 3. The van der Waals surface area contributed by atoms with Crippen LogP contribution in [-0.4, -0.2) is 37.4 Å². The van der Waals surface area contributed by atoms with Crippen molar-refractivity contribution in [3.05, 3.63) is 58.6 Å². The van der Waals surface area contributed by atoms with Crippen LogP contribution in [0.4, 0.5) is 4.79 Å². The van der Waals surface area contributed by atoms with Crippen LogP contribution in [0.15, 0.2) is 42.5 Å². The van der Waals surface area contributed by atoms with Gasteiger partial charge in [0.05, 0.1) is 12.7 Å². The third-order valence-electron chi connectivity index (χ3n) is 5.42. The van der Waals surface area contributed by atoms with E-state index in [1.165, 1.54) is 5.56 Å². The van der Waals surface area contributed by atoms with Gasteiger partial charge in [0.25, 0.3) is 0 Å². The summed E-state index contributed by atoms with van der Waals surface area (Å²) in [5, 5.41) is 15.4. The van der Waals surface area contributed by atoms with Crippen molar-refractivity contribution < 1.29 is 14.6 Å². The number of amides is 1. The Morgan fingerprint density at radius 1 is 1.34 bits per heavy atom. The first-order valence-electron chi connectivity index (χ1n) is 10.3. The highest BCUT2D eigenvalue weighted by molar-refractivity contribution is 6.33. The van der Waals surface area contributed by atoms with Crippen molar-refractivity contribution in [2.24, 2.45) is 5.92 Å². The summed E-state index contributed by atoms with van der Waals surface area (Å²) in [6, 6.07) is 14.4. The van der Waals surface area contributed by atoms with Gasteiger partial charge in [-0.3, -0.25) is 0 Å². The SMILES string of the molecule is CCc1cccc(-c2c(Cl)cccc2[C@H](OCCNC(=O)O)[C@@H]2CCCNC2)c1. The molecule has 0 unspecified atom stereocenters. The zero-order valence-electron chi connectivity index (χ0n) is 16.8. The molecule has 0 aromatic heterocycles. The van der Waals surface area contributed by atoms with Gasteiger partial charge in [0, 0.05) is 29.6 Å². The second kappa shape index (κ2) is 10.6. The Morgan fingerprint density at radius 3 is 2.90 bits per heavy atom. The lowest BCUT2D eigenvalue weighted by Gasteiger charge is -2.32. The van der Waals surface area contributed by atoms with Gasteiger partial charge in [-0.2, -0.15) is 0 Å². The molecule has 5 nitrogen and oxygen atoms in total. The van der Waals surface area contributed by atoms with Crippen LogP contribution in [-0.2, 0) is 11.2 Å². The third kappa shape index (κ3) is 5.72. The van der Waals surface area contributed by atoms with Crippen molar-refractivity contribution in [1.29, 1.82) is 0 Å². The van der Waals surface area contributed by atoms with Crippen LogP contribution in [0.5, 0.6) is 0 Å². The van der Waals surface area contributed by atoms with Crippen LogP contribution >= 0.6 is 11.6 Å². The van der Waals surface area contributed by atoms with Gasteiger partial charge in [0.1, 0.15) is 0 Å². The average molecular weight is 417 g/mol. The molecule has 0 spiro atoms. The smallest absolute Gasteiger partial charge is 0.404 e. The highest BCUT2D eigenvalue weighted by Crippen LogP contribution is 2.40. The molecule has 1 fully saturated rings. The van der Waals surface area contributed by atoms with E-state index in [0.717, 1.165) is 49.0 Å². The van der Waals surface area contributed by atoms with E-state index in [2.05, 4.69) is 47.9 Å². The van der Waals surface area contributed by atoms with Gasteiger partial charge >= 0.3 is 6.09 Å². The predicted octanol–water partition coefficient (Wildman–Crippen LogP) is 4.89. The van der Waals surface area contributed by atoms with Crippen LogP contribution in [0, 0.1) is 5.92 Å². The van der Waals surface area contributed by atoms with E-state index in [1.54, 1.807) is 0 Å². The largest absolute Gasteiger partial charge is 0.465 e. The summed E-state index contributed by atoms with van der Waals surface area (Å²) in [7, 11) is 0. The van der Waals surface area contributed by atoms with Crippen molar-refractivity contribution in [3.8, 4) is 11.1 Å². The maximum atomic E-state index is 10.8. The number of halogens is 1. The van der Waals surface area contributed by atoms with Gasteiger partial charge < -0.3 is 20.5 Å². The fourth-order valence-electron chi connectivity index (χ4n) is 3.99. The molecule has 2 aromatic carbocycles. The minimum absolute atomic E-state index is 0.155. The van der Waals surface area contributed by atoms with Crippen LogP contribution < -0.4 is 10.6 Å². The molecule has 2 atom stereocenters. The molecule has 1 aliphatic heterocycles. The van der Waals surface area contributed by atoms with E-state index >= 15 is 0 Å². The van der Waals surface area contributed by atoms with E-state index in [1.807, 2.05) is 12.1 Å². The Labute approximate surface area is 177 Å². The molecular weight excluding hydrogens is 388 g/mol. The Hall–Kier alpha value is -2.08. The number of benzene rings is 2. The molecule has 0 aliphatic carbocycles. The maximum Gasteiger partial charge on any atom is 0.404 e. The minimum atomic E-state index is -1.04. The summed E-state index contributed by atoms with van der Waals surface area (Å²) in [5.41, 5.74) is 4.42. The molecule has 1 amide bonds. The van der Waals surface area contributed by atoms with Crippen molar-refractivity contribution in [2.75, 3.05) is 26.2 Å². The van der Waals surface area contributed by atoms with E-state index in [4.69, 9.17) is 21.4 Å². The van der Waals surface area contributed by atoms with E-state index < -0.39 is 6.09 Å². The van der Waals surface area contributed by atoms with Gasteiger partial charge in [0.2, 0.25) is 0 Å². The molecule has 156 valence electrons. The molecule has 0 bridgehead atoms. The number of carbonyl (C=O) groups is 1. The number of piperidine rings is 1. The summed E-state index contributed by atoms with van der Waals surface area (Å²) >= 11 is 6.68. The Bertz CT molecular complexity index is 822. The van der Waals surface area contributed by atoms with E-state index in [0.29, 0.717) is 17.5 Å². The number of ether oxygens (including phenoxy) is 1. The van der Waals surface area contributed by atoms with Gasteiger partial charge in [-0.15, -0.1) is 0 Å². The molecule has 6 heteroatoms. The summed E-state index contributed by atoms with van der Waals surface area (Å²) in [5.74, 6) is 0.306. The number of carboxylic acid groups (broad SMARTS) is 1. The standard InChI is InChI=1S/C23H29ClN2O3/c1-2-16-6-3-7-17(14-16)21-19(9-4-10-20(21)24)22(18-8-5-11-25-15-18)29-13-12-26-23(27)28/h3-4,6-7,9-10,14,18,22,25-26H,2,5,8,11-13,15H2,1H3,(H,27,28)/t18-,22-/m1/s1. The molecule has 1 saturated heterocycles. The predicted molar refractivity (Wildman–Crippen MR) is 117 cm³/mol. The summed E-state index contributed by atoms with van der Waals surface area (Å²) in [6.45, 7) is 4.60. The number of nitrogens with one attached hydrogen (secondary N) is 2. The van der Waals surface area contributed by atoms with E-state index in [9.17, 15) is 4.79 Å². The second-order valence-corrected chi connectivity index (χ2v) is 7.79. The normalized spacial score (nSPS) is 17.7. The van der Waals surface area contributed by atoms with Gasteiger partial charge in [-0.05, 0) is 48.6 Å². The third-order valence-corrected chi connectivity index (χ3v) is 5.73. The quantitative estimate of drug-likeness (QED) is 0.535. The fraction of sp³-hybridized carbons (Fsp3) is 0.435. The second-order valence-electron chi connectivity index (χ2n) is 7.39. The summed E-state index contributed by atoms with van der Waals surface area (Å²) in [6.07, 6.45) is 1.92. The lowest BCUT2D eigenvalue weighted by atomic mass is 9.85. The first-order valence-corrected chi connectivity index (χ1v) is 10.6. The monoisotopic (exact) mass is 416 g/mol. The van der Waals surface area contributed by atoms with Crippen molar-refractivity contribution >= 4 is 17.7 Å². The Morgan fingerprint density at radius 2 is 2.17 bits per heavy atom. The highest BCUT2D eigenvalue weighted by Gasteiger charge is 2.28. The number of hydrogen-bond acceptors (Lipinski definition) is 3. The molecule has 1 aliphatic rings. The Balaban J connectivity index is 1.95. The fourth-order valence-corrected chi connectivity index (χ4v) is 4.28. The molecular formula is C23H29ClN2O3. The van der Waals surface area contributed by atoms with Crippen LogP contribution in [0.2, 0.25) is 5.02 Å². The summed E-state index contributed by atoms with van der Waals surface area (Å²) in [4.78, 5) is 10.8. The summed E-state index contributed by atoms with van der Waals surface area (Å²) < 4.78 is 6.27. The number of rotatable bonds is 8. The van der Waals surface area contributed by atoms with Gasteiger partial charge in [-0.1, -0.05) is 54.9 Å². The minimum Gasteiger partial charge on any atom is -0.465 e. The van der Waals surface area contributed by atoms with Crippen LogP contribution in [0.1, 0.15) is 37.0 Å². The highest BCUT2D eigenvalue weighted by atomic mass is 35.5. The molecule has 0 radical (unpaired) electrons. The first kappa shape index (κ1) is 21.6. The zero-order chi connectivity index (χ0) is 20.6. The van der Waals surface area contributed by atoms with Crippen molar-refractivity contribution in [2.45, 2.75) is 32.3 Å². The Kier molecular flexibility index (Phi) is 7.92. The molecule has 29 heavy (non-hydrogen) atoms. The van der Waals surface area contributed by atoms with Crippen LogP contribution in [0.3, 0.4) is 0 Å². The van der Waals surface area contributed by atoms with Gasteiger partial charge in [-0.25, -0.2) is 4.79 Å². The first-order chi connectivity index (χ1) is 14.1. The average Bonchev–Trinajstić information content (AvgIpc) is 2.74. The van der Waals surface area contributed by atoms with Crippen molar-refractivity contribution in [1.82, 2.24) is 10.6 Å². The topological polar surface area (TPSA) is 70.6 Å². The molecule has 0 saturated carbocycles. The van der Waals surface area contributed by atoms with E-state index in [-0.39, 0.29) is 12.6 Å². The molecule has 3 N–H and O–H groups in total. The lowest BCUT2D eigenvalue weighted by molar-refractivity contribution is 0.00529. The van der Waals surface area contributed by atoms with Crippen LogP contribution in [0.25, 0.3) is 11.1 Å². The number of aryl methyl sites for hydroxylation is 1. The van der Waals surface area contributed by atoms with Gasteiger partial charge in [0.15, 0.2) is 0 Å². The molecule has 1 heterocycles. The zero-order valence-corrected chi connectivity index (χ0v) is 17.5. The maximum absolute atomic E-state index is 10.8. The molecule has 3 rings (SSSR count).